The van der Waals surface area contributed by atoms with E-state index in [9.17, 15) is 26.4 Å². The highest BCUT2D eigenvalue weighted by atomic mass is 35.5. The van der Waals surface area contributed by atoms with Crippen LogP contribution in [0.5, 0.6) is 0 Å². The highest BCUT2D eigenvalue weighted by molar-refractivity contribution is 7.92. The third kappa shape index (κ3) is 4.47. The smallest absolute Gasteiger partial charge is 0.247 e. The van der Waals surface area contributed by atoms with Crippen LogP contribution >= 0.6 is 11.6 Å². The number of amides is 1. The van der Waals surface area contributed by atoms with Crippen LogP contribution in [0.1, 0.15) is 6.92 Å². The molecule has 5 nitrogen and oxygen atoms in total. The molecule has 0 spiro atoms. The average molecular weight is 407 g/mol. The predicted molar refractivity (Wildman–Crippen MR) is 93.2 cm³/mol. The molecular formula is C16H14ClF3N2O3S. The minimum Gasteiger partial charge on any atom is -0.324 e. The van der Waals surface area contributed by atoms with Crippen molar-refractivity contribution in [3.63, 3.8) is 0 Å². The second kappa shape index (κ2) is 7.55. The molecular weight excluding hydrogens is 393 g/mol. The summed E-state index contributed by atoms with van der Waals surface area (Å²) >= 11 is 5.63. The van der Waals surface area contributed by atoms with Crippen LogP contribution in [0.2, 0.25) is 5.02 Å². The van der Waals surface area contributed by atoms with E-state index in [-0.39, 0.29) is 16.4 Å². The maximum Gasteiger partial charge on any atom is 0.247 e. The zero-order valence-electron chi connectivity index (χ0n) is 13.6. The Kier molecular flexibility index (Phi) is 5.82. The molecule has 0 bridgehead atoms. The number of nitrogens with zero attached hydrogens (tertiary/aromatic N) is 1. The standard InChI is InChI=1S/C16H14ClF3N2O3S/c1-9(16(23)21-10-3-5-13(18)12(17)7-10)22(26(2,24)25)11-4-6-14(19)15(20)8-11/h3-9H,1-2H3,(H,21,23)/t9-/m1/s1. The number of anilines is 2. The van der Waals surface area contributed by atoms with Gasteiger partial charge in [0.15, 0.2) is 11.6 Å². The molecule has 2 rings (SSSR count). The number of carbonyl (C=O) groups excluding carboxylic acids is 1. The summed E-state index contributed by atoms with van der Waals surface area (Å²) < 4.78 is 64.6. The van der Waals surface area contributed by atoms with Gasteiger partial charge in [0.2, 0.25) is 15.9 Å². The first kappa shape index (κ1) is 20.1. The first-order chi connectivity index (χ1) is 12.0. The van der Waals surface area contributed by atoms with Gasteiger partial charge in [0.05, 0.1) is 17.0 Å². The van der Waals surface area contributed by atoms with Gasteiger partial charge in [0.1, 0.15) is 11.9 Å². The van der Waals surface area contributed by atoms with Gasteiger partial charge in [-0.25, -0.2) is 21.6 Å². The molecule has 0 radical (unpaired) electrons. The molecule has 26 heavy (non-hydrogen) atoms. The summed E-state index contributed by atoms with van der Waals surface area (Å²) in [5.74, 6) is -3.87. The Morgan fingerprint density at radius 1 is 1.08 bits per heavy atom. The highest BCUT2D eigenvalue weighted by Crippen LogP contribution is 2.24. The molecule has 0 fully saturated rings. The Morgan fingerprint density at radius 3 is 2.23 bits per heavy atom. The number of halogens is 4. The van der Waals surface area contributed by atoms with Crippen molar-refractivity contribution in [1.29, 1.82) is 0 Å². The second-order valence-corrected chi connectivity index (χ2v) is 7.72. The Morgan fingerprint density at radius 2 is 1.69 bits per heavy atom. The lowest BCUT2D eigenvalue weighted by Gasteiger charge is -2.28. The van der Waals surface area contributed by atoms with Crippen LogP contribution in [0.25, 0.3) is 0 Å². The van der Waals surface area contributed by atoms with E-state index in [0.29, 0.717) is 10.4 Å². The molecule has 0 unspecified atom stereocenters. The van der Waals surface area contributed by atoms with E-state index in [1.807, 2.05) is 0 Å². The van der Waals surface area contributed by atoms with Gasteiger partial charge in [-0.2, -0.15) is 0 Å². The van der Waals surface area contributed by atoms with Crippen molar-refractivity contribution >= 4 is 38.9 Å². The lowest BCUT2D eigenvalue weighted by molar-refractivity contribution is -0.116. The minimum absolute atomic E-state index is 0.145. The molecule has 0 heterocycles. The maximum atomic E-state index is 13.5. The number of nitrogens with one attached hydrogen (secondary N) is 1. The first-order valence-electron chi connectivity index (χ1n) is 7.21. The summed E-state index contributed by atoms with van der Waals surface area (Å²) in [6.07, 6.45) is 0.826. The van der Waals surface area contributed by atoms with Gasteiger partial charge in [-0.1, -0.05) is 11.6 Å². The second-order valence-electron chi connectivity index (χ2n) is 5.45. The predicted octanol–water partition coefficient (Wildman–Crippen LogP) is 3.55. The van der Waals surface area contributed by atoms with Gasteiger partial charge in [-0.3, -0.25) is 9.10 Å². The van der Waals surface area contributed by atoms with Crippen molar-refractivity contribution in [2.75, 3.05) is 15.9 Å². The number of benzene rings is 2. The van der Waals surface area contributed by atoms with Gasteiger partial charge in [-0.15, -0.1) is 0 Å². The summed E-state index contributed by atoms with van der Waals surface area (Å²) in [5.41, 5.74) is -0.0711. The summed E-state index contributed by atoms with van der Waals surface area (Å²) in [6.45, 7) is 1.27. The Bertz CT molecular complexity index is 954. The van der Waals surface area contributed by atoms with E-state index >= 15 is 0 Å². The number of hydrogen-bond acceptors (Lipinski definition) is 3. The van der Waals surface area contributed by atoms with E-state index in [2.05, 4.69) is 5.32 Å². The van der Waals surface area contributed by atoms with Gasteiger partial charge < -0.3 is 5.32 Å². The van der Waals surface area contributed by atoms with Crippen molar-refractivity contribution in [3.8, 4) is 0 Å². The topological polar surface area (TPSA) is 66.5 Å². The van der Waals surface area contributed by atoms with Crippen molar-refractivity contribution in [2.45, 2.75) is 13.0 Å². The lowest BCUT2D eigenvalue weighted by Crippen LogP contribution is -2.45. The SMILES string of the molecule is C[C@H](C(=O)Nc1ccc(F)c(Cl)c1)N(c1ccc(F)c(F)c1)S(C)(=O)=O. The zero-order valence-corrected chi connectivity index (χ0v) is 15.2. The quantitative estimate of drug-likeness (QED) is 0.825. The Hall–Kier alpha value is -2.26. The zero-order chi connectivity index (χ0) is 19.6. The van der Waals surface area contributed by atoms with Crippen LogP contribution in [0.3, 0.4) is 0 Å². The monoisotopic (exact) mass is 406 g/mol. The van der Waals surface area contributed by atoms with Crippen molar-refractivity contribution < 1.29 is 26.4 Å². The van der Waals surface area contributed by atoms with E-state index < -0.39 is 39.4 Å². The van der Waals surface area contributed by atoms with Crippen molar-refractivity contribution in [2.24, 2.45) is 0 Å². The fraction of sp³-hybridized carbons (Fsp3) is 0.188. The summed E-state index contributed by atoms with van der Waals surface area (Å²) in [7, 11) is -4.00. The Balaban J connectivity index is 2.34. The largest absolute Gasteiger partial charge is 0.324 e. The molecule has 0 aliphatic heterocycles. The molecule has 1 amide bonds. The van der Waals surface area contributed by atoms with Crippen molar-refractivity contribution in [1.82, 2.24) is 0 Å². The summed E-state index contributed by atoms with van der Waals surface area (Å²) in [5, 5.41) is 2.17. The van der Waals surface area contributed by atoms with Gasteiger partial charge >= 0.3 is 0 Å². The van der Waals surface area contributed by atoms with Gasteiger partial charge in [0.25, 0.3) is 0 Å². The molecule has 1 atom stereocenters. The molecule has 1 N–H and O–H groups in total. The molecule has 2 aromatic rings. The van der Waals surface area contributed by atoms with Gasteiger partial charge in [0, 0.05) is 11.8 Å². The number of rotatable bonds is 5. The highest BCUT2D eigenvalue weighted by Gasteiger charge is 2.30. The van der Waals surface area contributed by atoms with E-state index in [1.165, 1.54) is 13.0 Å². The average Bonchev–Trinajstić information content (AvgIpc) is 2.53. The molecule has 0 saturated carbocycles. The van der Waals surface area contributed by atoms with Crippen LogP contribution in [-0.2, 0) is 14.8 Å². The molecule has 0 aliphatic rings. The van der Waals surface area contributed by atoms with Crippen LogP contribution < -0.4 is 9.62 Å². The first-order valence-corrected chi connectivity index (χ1v) is 9.43. The Labute approximate surface area is 153 Å². The number of sulfonamides is 1. The van der Waals surface area contributed by atoms with Crippen LogP contribution in [0.4, 0.5) is 24.5 Å². The van der Waals surface area contributed by atoms with Crippen LogP contribution in [0, 0.1) is 17.5 Å². The molecule has 10 heteroatoms. The number of carbonyl (C=O) groups is 1. The van der Waals surface area contributed by atoms with Crippen LogP contribution in [0.15, 0.2) is 36.4 Å². The minimum atomic E-state index is -4.00. The fourth-order valence-electron chi connectivity index (χ4n) is 2.25. The fourth-order valence-corrected chi connectivity index (χ4v) is 3.60. The van der Waals surface area contributed by atoms with E-state index in [4.69, 9.17) is 11.6 Å². The van der Waals surface area contributed by atoms with Crippen LogP contribution in [-0.4, -0.2) is 26.6 Å². The molecule has 0 saturated heterocycles. The summed E-state index contributed by atoms with van der Waals surface area (Å²) in [6, 6.07) is 4.60. The molecule has 0 aliphatic carbocycles. The molecule has 140 valence electrons. The van der Waals surface area contributed by atoms with Gasteiger partial charge in [-0.05, 0) is 37.3 Å². The maximum absolute atomic E-state index is 13.5. The molecule has 0 aromatic heterocycles. The van der Waals surface area contributed by atoms with E-state index in [1.54, 1.807) is 0 Å². The lowest BCUT2D eigenvalue weighted by atomic mass is 10.2. The number of hydrogen-bond donors (Lipinski definition) is 1. The molecule has 2 aromatic carbocycles. The third-order valence-corrected chi connectivity index (χ3v) is 4.96. The normalized spacial score (nSPS) is 12.5. The van der Waals surface area contributed by atoms with Crippen molar-refractivity contribution in [3.05, 3.63) is 58.9 Å². The van der Waals surface area contributed by atoms with E-state index in [0.717, 1.165) is 30.5 Å². The summed E-state index contributed by atoms with van der Waals surface area (Å²) in [4.78, 5) is 12.4. The third-order valence-electron chi connectivity index (χ3n) is 3.43.